The number of hydrogen-bond donors (Lipinski definition) is 2. The molecule has 1 saturated carbocycles. The summed E-state index contributed by atoms with van der Waals surface area (Å²) in [5, 5.41) is 3.09. The molecule has 0 bridgehead atoms. The van der Waals surface area contributed by atoms with Gasteiger partial charge in [0.2, 0.25) is 5.91 Å². The van der Waals surface area contributed by atoms with Gasteiger partial charge in [-0.05, 0) is 31.2 Å². The van der Waals surface area contributed by atoms with Crippen molar-refractivity contribution in [1.29, 1.82) is 0 Å². The average Bonchev–Trinajstić information content (AvgIpc) is 3.14. The molecule has 1 aromatic carbocycles. The Labute approximate surface area is 168 Å². The molecule has 0 radical (unpaired) electrons. The van der Waals surface area contributed by atoms with E-state index in [1.807, 2.05) is 29.0 Å². The summed E-state index contributed by atoms with van der Waals surface area (Å²) in [6.45, 7) is 2.86. The Morgan fingerprint density at radius 3 is 2.75 bits per heavy atom. The number of amides is 1. The fourth-order valence-electron chi connectivity index (χ4n) is 4.09. The minimum absolute atomic E-state index is 0.0752. The number of hydrogen-bond acceptors (Lipinski definition) is 3. The van der Waals surface area contributed by atoms with E-state index in [2.05, 4.69) is 29.4 Å². The summed E-state index contributed by atoms with van der Waals surface area (Å²) in [6, 6.07) is 9.87. The maximum absolute atomic E-state index is 12.4. The smallest absolute Gasteiger partial charge is 0.237 e. The first kappa shape index (κ1) is 20.6. The van der Waals surface area contributed by atoms with Gasteiger partial charge >= 0.3 is 0 Å². The van der Waals surface area contributed by atoms with Crippen LogP contribution in [0.1, 0.15) is 63.1 Å². The molecule has 2 atom stereocenters. The minimum Gasteiger partial charge on any atom is -0.352 e. The van der Waals surface area contributed by atoms with E-state index in [-0.39, 0.29) is 11.9 Å². The summed E-state index contributed by atoms with van der Waals surface area (Å²) < 4.78 is 2.03. The molecule has 1 amide bonds. The van der Waals surface area contributed by atoms with Gasteiger partial charge in [0, 0.05) is 25.2 Å². The van der Waals surface area contributed by atoms with Crippen LogP contribution < -0.4 is 11.1 Å². The minimum atomic E-state index is -0.558. The molecule has 28 heavy (non-hydrogen) atoms. The van der Waals surface area contributed by atoms with E-state index in [9.17, 15) is 4.79 Å². The van der Waals surface area contributed by atoms with Gasteiger partial charge in [0.05, 0.1) is 18.1 Å². The second-order valence-electron chi connectivity index (χ2n) is 8.32. The van der Waals surface area contributed by atoms with E-state index in [0.717, 1.165) is 24.6 Å². The Hall–Kier alpha value is -2.14. The summed E-state index contributed by atoms with van der Waals surface area (Å²) in [4.78, 5) is 16.9. The summed E-state index contributed by atoms with van der Waals surface area (Å²) in [6.07, 6.45) is 13.3. The lowest BCUT2D eigenvalue weighted by Crippen LogP contribution is -2.45. The topological polar surface area (TPSA) is 72.9 Å². The number of nitrogens with one attached hydrogen (secondary N) is 1. The summed E-state index contributed by atoms with van der Waals surface area (Å²) >= 11 is 0. The molecule has 3 N–H and O–H groups in total. The molecule has 2 aromatic rings. The third kappa shape index (κ3) is 6.48. The van der Waals surface area contributed by atoms with Gasteiger partial charge in [0.1, 0.15) is 0 Å². The zero-order valence-electron chi connectivity index (χ0n) is 17.0. The van der Waals surface area contributed by atoms with E-state index in [4.69, 9.17) is 5.73 Å². The average molecular weight is 383 g/mol. The van der Waals surface area contributed by atoms with Crippen LogP contribution in [0.15, 0.2) is 42.9 Å². The van der Waals surface area contributed by atoms with Crippen molar-refractivity contribution < 1.29 is 4.79 Å². The molecule has 152 valence electrons. The zero-order chi connectivity index (χ0) is 19.8. The van der Waals surface area contributed by atoms with Gasteiger partial charge in [0.15, 0.2) is 0 Å². The van der Waals surface area contributed by atoms with Gasteiger partial charge in [-0.25, -0.2) is 4.98 Å². The van der Waals surface area contributed by atoms with Crippen molar-refractivity contribution in [1.82, 2.24) is 14.9 Å². The van der Waals surface area contributed by atoms with Crippen molar-refractivity contribution >= 4 is 5.91 Å². The first-order chi connectivity index (χ1) is 13.6. The zero-order valence-corrected chi connectivity index (χ0v) is 17.0. The van der Waals surface area contributed by atoms with Crippen molar-refractivity contribution in [3.63, 3.8) is 0 Å². The molecular formula is C23H34N4O. The van der Waals surface area contributed by atoms with E-state index in [1.54, 1.807) is 6.33 Å². The molecule has 1 unspecified atom stereocenters. The van der Waals surface area contributed by atoms with Gasteiger partial charge in [-0.15, -0.1) is 0 Å². The van der Waals surface area contributed by atoms with Gasteiger partial charge in [-0.3, -0.25) is 4.79 Å². The van der Waals surface area contributed by atoms with Crippen LogP contribution in [0.2, 0.25) is 0 Å². The number of benzene rings is 1. The predicted molar refractivity (Wildman–Crippen MR) is 113 cm³/mol. The Morgan fingerprint density at radius 2 is 2.00 bits per heavy atom. The maximum Gasteiger partial charge on any atom is 0.237 e. The van der Waals surface area contributed by atoms with Crippen molar-refractivity contribution in [3.8, 4) is 0 Å². The van der Waals surface area contributed by atoms with Crippen molar-refractivity contribution in [2.75, 3.05) is 0 Å². The number of carbonyl (C=O) groups excluding carboxylic acids is 1. The second kappa shape index (κ2) is 10.4. The van der Waals surface area contributed by atoms with Crippen LogP contribution in [0.25, 0.3) is 0 Å². The lowest BCUT2D eigenvalue weighted by Gasteiger charge is -2.23. The number of carbonyl (C=O) groups is 1. The highest BCUT2D eigenvalue weighted by Crippen LogP contribution is 2.27. The van der Waals surface area contributed by atoms with Gasteiger partial charge in [-0.1, -0.05) is 62.4 Å². The van der Waals surface area contributed by atoms with E-state index in [0.29, 0.717) is 6.42 Å². The predicted octanol–water partition coefficient (Wildman–Crippen LogP) is 3.67. The molecule has 1 fully saturated rings. The molecule has 0 aliphatic heterocycles. The Kier molecular flexibility index (Phi) is 7.66. The molecular weight excluding hydrogens is 348 g/mol. The van der Waals surface area contributed by atoms with Crippen LogP contribution in [0.4, 0.5) is 0 Å². The Bertz CT molecular complexity index is 721. The third-order valence-corrected chi connectivity index (χ3v) is 5.78. The van der Waals surface area contributed by atoms with Crippen LogP contribution in [0.5, 0.6) is 0 Å². The number of imidazole rings is 1. The molecule has 1 aromatic heterocycles. The lowest BCUT2D eigenvalue weighted by molar-refractivity contribution is -0.123. The lowest BCUT2D eigenvalue weighted by atomic mass is 9.85. The van der Waals surface area contributed by atoms with E-state index >= 15 is 0 Å². The quantitative estimate of drug-likeness (QED) is 0.695. The maximum atomic E-state index is 12.4. The third-order valence-electron chi connectivity index (χ3n) is 5.78. The van der Waals surface area contributed by atoms with Crippen LogP contribution in [0.3, 0.4) is 0 Å². The summed E-state index contributed by atoms with van der Waals surface area (Å²) in [7, 11) is 0. The monoisotopic (exact) mass is 382 g/mol. The van der Waals surface area contributed by atoms with Crippen LogP contribution in [-0.2, 0) is 17.8 Å². The van der Waals surface area contributed by atoms with E-state index in [1.165, 1.54) is 44.1 Å². The van der Waals surface area contributed by atoms with Crippen LogP contribution >= 0.6 is 0 Å². The van der Waals surface area contributed by atoms with Crippen molar-refractivity contribution in [2.24, 2.45) is 11.7 Å². The first-order valence-corrected chi connectivity index (χ1v) is 10.7. The fraction of sp³-hybridized carbons (Fsp3) is 0.565. The molecule has 0 saturated heterocycles. The second-order valence-corrected chi connectivity index (χ2v) is 8.32. The van der Waals surface area contributed by atoms with Gasteiger partial charge in [0.25, 0.3) is 0 Å². The Morgan fingerprint density at radius 1 is 1.25 bits per heavy atom. The normalized spacial score (nSPS) is 17.2. The summed E-state index contributed by atoms with van der Waals surface area (Å²) in [5.74, 6) is 0.768. The molecule has 0 spiro atoms. The largest absolute Gasteiger partial charge is 0.352 e. The van der Waals surface area contributed by atoms with E-state index < -0.39 is 6.04 Å². The number of nitrogens with zero attached hydrogens (tertiary/aromatic N) is 2. The number of nitrogens with two attached hydrogens (primary N) is 1. The molecule has 1 aliphatic carbocycles. The van der Waals surface area contributed by atoms with Crippen molar-refractivity contribution in [3.05, 3.63) is 54.1 Å². The molecule has 3 rings (SSSR count). The van der Waals surface area contributed by atoms with Crippen molar-refractivity contribution in [2.45, 2.75) is 76.9 Å². The fourth-order valence-corrected chi connectivity index (χ4v) is 4.09. The highest BCUT2D eigenvalue weighted by molar-refractivity contribution is 5.81. The van der Waals surface area contributed by atoms with Gasteiger partial charge in [-0.2, -0.15) is 0 Å². The number of aromatic nitrogens is 2. The highest BCUT2D eigenvalue weighted by atomic mass is 16.2. The van der Waals surface area contributed by atoms with Crippen LogP contribution in [0, 0.1) is 5.92 Å². The standard InChI is InChI=1S/C23H34N4O/c1-18(12-13-19-8-4-2-5-9-19)26-23(28)22(24)14-21-16-27(17-25-21)15-20-10-6-3-7-11-20/h3,6-7,10-11,16-19,22H,2,4-5,8-9,12-15,24H2,1H3,(H,26,28)/t18?,22-/m0/s1. The van der Waals surface area contributed by atoms with Gasteiger partial charge < -0.3 is 15.6 Å². The van der Waals surface area contributed by atoms with Crippen LogP contribution in [-0.4, -0.2) is 27.5 Å². The molecule has 5 heteroatoms. The molecule has 1 heterocycles. The SMILES string of the molecule is CC(CCC1CCCCC1)NC(=O)[C@@H](N)Cc1cn(Cc2ccccc2)cn1. The number of rotatable bonds is 9. The highest BCUT2D eigenvalue weighted by Gasteiger charge is 2.19. The molecule has 5 nitrogen and oxygen atoms in total. The summed E-state index contributed by atoms with van der Waals surface area (Å²) in [5.41, 5.74) is 8.21. The Balaban J connectivity index is 1.41. The first-order valence-electron chi connectivity index (χ1n) is 10.7. The molecule has 1 aliphatic rings.